The van der Waals surface area contributed by atoms with Crippen LogP contribution in [-0.4, -0.2) is 31.1 Å². The minimum absolute atomic E-state index is 0.0392. The molecule has 7 nitrogen and oxygen atoms in total. The predicted molar refractivity (Wildman–Crippen MR) is 133 cm³/mol. The highest BCUT2D eigenvalue weighted by molar-refractivity contribution is 6.31. The summed E-state index contributed by atoms with van der Waals surface area (Å²) in [6, 6.07) is 15.2. The Labute approximate surface area is 202 Å². The first-order valence-electron chi connectivity index (χ1n) is 12.0. The summed E-state index contributed by atoms with van der Waals surface area (Å²) in [6.07, 6.45) is 7.73. The highest BCUT2D eigenvalue weighted by Gasteiger charge is 2.19. The van der Waals surface area contributed by atoms with Gasteiger partial charge >= 0.3 is 0 Å². The van der Waals surface area contributed by atoms with Crippen LogP contribution in [0, 0.1) is 0 Å². The molecule has 0 unspecified atom stereocenters. The van der Waals surface area contributed by atoms with Crippen molar-refractivity contribution in [2.45, 2.75) is 64.0 Å². The topological polar surface area (TPSA) is 81.3 Å². The molecule has 0 aliphatic heterocycles. The molecule has 2 aromatic carbocycles. The van der Waals surface area contributed by atoms with Crippen molar-refractivity contribution in [1.82, 2.24) is 24.5 Å². The number of aryl methyl sites for hydroxylation is 1. The van der Waals surface area contributed by atoms with Crippen LogP contribution in [0.3, 0.4) is 0 Å². The first kappa shape index (κ1) is 22.6. The van der Waals surface area contributed by atoms with Gasteiger partial charge in [-0.25, -0.2) is 0 Å². The third kappa shape index (κ3) is 4.57. The number of para-hydroxylation sites is 1. The molecule has 0 saturated heterocycles. The van der Waals surface area contributed by atoms with Crippen molar-refractivity contribution in [3.05, 3.63) is 75.3 Å². The number of carbonyl (C=O) groups excluding carboxylic acids is 1. The van der Waals surface area contributed by atoms with Crippen LogP contribution in [0.15, 0.2) is 53.3 Å². The van der Waals surface area contributed by atoms with E-state index in [4.69, 9.17) is 11.6 Å². The second-order valence-corrected chi connectivity index (χ2v) is 9.41. The molecule has 4 aromatic rings. The molecule has 5 rings (SSSR count). The first-order valence-corrected chi connectivity index (χ1v) is 12.4. The molecule has 0 bridgehead atoms. The summed E-state index contributed by atoms with van der Waals surface area (Å²) in [5.41, 5.74) is 1.42. The standard InChI is InChI=1S/C26H28ClN5O2/c27-21-13-7-5-9-18(21)17-31-25(34)20-12-6-8-14-22(20)32-23(29-30-26(31)32)15-16-24(33)28-19-10-3-1-2-4-11-19/h5-9,12-14,19H,1-4,10-11,15-17H2,(H,28,33). The summed E-state index contributed by atoms with van der Waals surface area (Å²) >= 11 is 6.37. The van der Waals surface area contributed by atoms with Gasteiger partial charge in [0.2, 0.25) is 11.7 Å². The molecular formula is C26H28ClN5O2. The highest BCUT2D eigenvalue weighted by Crippen LogP contribution is 2.20. The Morgan fingerprint density at radius 1 is 1.00 bits per heavy atom. The van der Waals surface area contributed by atoms with Gasteiger partial charge in [-0.3, -0.25) is 18.6 Å². The van der Waals surface area contributed by atoms with Crippen molar-refractivity contribution in [2.75, 3.05) is 0 Å². The van der Waals surface area contributed by atoms with Gasteiger partial charge in [0.15, 0.2) is 0 Å². The molecule has 176 valence electrons. The van der Waals surface area contributed by atoms with Crippen molar-refractivity contribution in [3.63, 3.8) is 0 Å². The van der Waals surface area contributed by atoms with E-state index in [0.717, 1.165) is 23.9 Å². The van der Waals surface area contributed by atoms with Crippen LogP contribution in [0.5, 0.6) is 0 Å². The summed E-state index contributed by atoms with van der Waals surface area (Å²) in [4.78, 5) is 26.0. The van der Waals surface area contributed by atoms with Crippen LogP contribution >= 0.6 is 11.6 Å². The van der Waals surface area contributed by atoms with Crippen LogP contribution in [0.25, 0.3) is 16.7 Å². The Kier molecular flexibility index (Phi) is 6.63. The van der Waals surface area contributed by atoms with E-state index in [2.05, 4.69) is 15.5 Å². The summed E-state index contributed by atoms with van der Waals surface area (Å²) in [5.74, 6) is 1.15. The highest BCUT2D eigenvalue weighted by atomic mass is 35.5. The maximum absolute atomic E-state index is 13.4. The van der Waals surface area contributed by atoms with E-state index in [0.29, 0.717) is 34.9 Å². The first-order chi connectivity index (χ1) is 16.6. The zero-order chi connectivity index (χ0) is 23.5. The predicted octanol–water partition coefficient (Wildman–Crippen LogP) is 4.52. The fourth-order valence-electron chi connectivity index (χ4n) is 4.86. The number of aromatic nitrogens is 4. The second-order valence-electron chi connectivity index (χ2n) is 9.01. The zero-order valence-corrected chi connectivity index (χ0v) is 19.8. The number of carbonyl (C=O) groups is 1. The normalized spacial score (nSPS) is 15.0. The lowest BCUT2D eigenvalue weighted by molar-refractivity contribution is -0.121. The Hall–Kier alpha value is -3.19. The van der Waals surface area contributed by atoms with Crippen LogP contribution in [0.4, 0.5) is 0 Å². The van der Waals surface area contributed by atoms with E-state index in [1.54, 1.807) is 4.57 Å². The van der Waals surface area contributed by atoms with Gasteiger partial charge in [-0.1, -0.05) is 67.6 Å². The summed E-state index contributed by atoms with van der Waals surface area (Å²) in [7, 11) is 0. The monoisotopic (exact) mass is 477 g/mol. The number of hydrogen-bond donors (Lipinski definition) is 1. The molecular weight excluding hydrogens is 450 g/mol. The van der Waals surface area contributed by atoms with Gasteiger partial charge in [-0.2, -0.15) is 0 Å². The largest absolute Gasteiger partial charge is 0.353 e. The maximum Gasteiger partial charge on any atom is 0.263 e. The molecule has 2 heterocycles. The lowest BCUT2D eigenvalue weighted by atomic mass is 10.1. The molecule has 1 aliphatic carbocycles. The van der Waals surface area contributed by atoms with Gasteiger partial charge in [-0.15, -0.1) is 10.2 Å². The third-order valence-electron chi connectivity index (χ3n) is 6.66. The molecule has 0 radical (unpaired) electrons. The number of rotatable bonds is 6. The average molecular weight is 478 g/mol. The second kappa shape index (κ2) is 9.97. The third-order valence-corrected chi connectivity index (χ3v) is 7.03. The Morgan fingerprint density at radius 3 is 2.53 bits per heavy atom. The Balaban J connectivity index is 1.47. The van der Waals surface area contributed by atoms with Gasteiger partial charge in [0.05, 0.1) is 17.4 Å². The van der Waals surface area contributed by atoms with Gasteiger partial charge in [0.25, 0.3) is 5.56 Å². The van der Waals surface area contributed by atoms with Gasteiger partial charge < -0.3 is 5.32 Å². The van der Waals surface area contributed by atoms with Crippen LogP contribution in [-0.2, 0) is 17.8 Å². The number of fused-ring (bicyclic) bond motifs is 3. The molecule has 1 fully saturated rings. The number of nitrogens with one attached hydrogen (secondary N) is 1. The molecule has 34 heavy (non-hydrogen) atoms. The molecule has 1 amide bonds. The molecule has 8 heteroatoms. The molecule has 0 atom stereocenters. The van der Waals surface area contributed by atoms with E-state index in [-0.39, 0.29) is 24.1 Å². The van der Waals surface area contributed by atoms with E-state index in [1.165, 1.54) is 25.7 Å². The lowest BCUT2D eigenvalue weighted by Gasteiger charge is -2.16. The van der Waals surface area contributed by atoms with Crippen molar-refractivity contribution < 1.29 is 4.79 Å². The minimum Gasteiger partial charge on any atom is -0.353 e. The molecule has 1 saturated carbocycles. The van der Waals surface area contributed by atoms with E-state index in [9.17, 15) is 9.59 Å². The number of halogens is 1. The Bertz CT molecular complexity index is 1390. The van der Waals surface area contributed by atoms with Crippen LogP contribution < -0.4 is 10.9 Å². The summed E-state index contributed by atoms with van der Waals surface area (Å²) in [6.45, 7) is 0.285. The molecule has 0 spiro atoms. The van der Waals surface area contributed by atoms with E-state index >= 15 is 0 Å². The number of benzene rings is 2. The van der Waals surface area contributed by atoms with Crippen LogP contribution in [0.2, 0.25) is 5.02 Å². The SMILES string of the molecule is O=C(CCc1nnc2n(Cc3ccccc3Cl)c(=O)c3ccccc3n12)NC1CCCCCC1. The van der Waals surface area contributed by atoms with Gasteiger partial charge in [0, 0.05) is 23.9 Å². The van der Waals surface area contributed by atoms with E-state index < -0.39 is 0 Å². The fraction of sp³-hybridized carbons (Fsp3) is 0.385. The van der Waals surface area contributed by atoms with Gasteiger partial charge in [-0.05, 0) is 36.6 Å². The molecule has 2 aromatic heterocycles. The minimum atomic E-state index is -0.145. The lowest BCUT2D eigenvalue weighted by Crippen LogP contribution is -2.34. The van der Waals surface area contributed by atoms with Crippen LogP contribution in [0.1, 0.15) is 56.3 Å². The van der Waals surface area contributed by atoms with Crippen molar-refractivity contribution in [3.8, 4) is 0 Å². The number of amides is 1. The summed E-state index contributed by atoms with van der Waals surface area (Å²) < 4.78 is 3.50. The summed E-state index contributed by atoms with van der Waals surface area (Å²) in [5, 5.41) is 13.1. The quantitative estimate of drug-likeness (QED) is 0.414. The molecule has 1 aliphatic rings. The average Bonchev–Trinajstić information content (AvgIpc) is 3.10. The van der Waals surface area contributed by atoms with Crippen molar-refractivity contribution >= 4 is 34.2 Å². The number of nitrogens with zero attached hydrogens (tertiary/aromatic N) is 4. The van der Waals surface area contributed by atoms with Crippen molar-refractivity contribution in [1.29, 1.82) is 0 Å². The van der Waals surface area contributed by atoms with Gasteiger partial charge in [0.1, 0.15) is 5.82 Å². The molecule has 1 N–H and O–H groups in total. The Morgan fingerprint density at radius 2 is 1.74 bits per heavy atom. The number of hydrogen-bond acceptors (Lipinski definition) is 4. The van der Waals surface area contributed by atoms with E-state index in [1.807, 2.05) is 52.9 Å². The zero-order valence-electron chi connectivity index (χ0n) is 19.0. The van der Waals surface area contributed by atoms with Crippen molar-refractivity contribution in [2.24, 2.45) is 0 Å². The fourth-order valence-corrected chi connectivity index (χ4v) is 5.06. The smallest absolute Gasteiger partial charge is 0.263 e. The maximum atomic E-state index is 13.4.